The molecule has 0 radical (unpaired) electrons. The number of hydrogen-bond acceptors (Lipinski definition) is 3. The first-order valence-corrected chi connectivity index (χ1v) is 7.00. The molecule has 19 heavy (non-hydrogen) atoms. The van der Waals surface area contributed by atoms with Crippen LogP contribution in [-0.4, -0.2) is 27.2 Å². The Morgan fingerprint density at radius 2 is 2.11 bits per heavy atom. The Morgan fingerprint density at radius 3 is 2.84 bits per heavy atom. The molecular weight excluding hydrogens is 240 g/mol. The molecule has 1 saturated carbocycles. The zero-order valence-corrected chi connectivity index (χ0v) is 11.0. The maximum absolute atomic E-state index is 9.11. The standard InChI is InChI=1S/C15H20N2O2/c18-10-12-4-6-14(7-5-12)19-11-13-9-17-8-2-1-3-15(17)16-13/h1-3,8-9,12,14,18H,4-7,10-11H2. The normalized spacial score (nSPS) is 23.8. The van der Waals surface area contributed by atoms with Gasteiger partial charge in [-0.1, -0.05) is 6.07 Å². The number of aromatic nitrogens is 2. The Labute approximate surface area is 113 Å². The highest BCUT2D eigenvalue weighted by molar-refractivity contribution is 5.39. The van der Waals surface area contributed by atoms with Gasteiger partial charge < -0.3 is 14.2 Å². The van der Waals surface area contributed by atoms with Crippen LogP contribution in [0.15, 0.2) is 30.6 Å². The smallest absolute Gasteiger partial charge is 0.137 e. The van der Waals surface area contributed by atoms with E-state index in [9.17, 15) is 0 Å². The van der Waals surface area contributed by atoms with Gasteiger partial charge in [0.15, 0.2) is 0 Å². The molecule has 0 bridgehead atoms. The lowest BCUT2D eigenvalue weighted by molar-refractivity contribution is 0.00000504. The van der Waals surface area contributed by atoms with E-state index in [2.05, 4.69) is 4.98 Å². The topological polar surface area (TPSA) is 46.8 Å². The summed E-state index contributed by atoms with van der Waals surface area (Å²) in [6.45, 7) is 0.898. The van der Waals surface area contributed by atoms with Crippen LogP contribution in [0.2, 0.25) is 0 Å². The monoisotopic (exact) mass is 260 g/mol. The predicted molar refractivity (Wildman–Crippen MR) is 72.8 cm³/mol. The number of aliphatic hydroxyl groups is 1. The fraction of sp³-hybridized carbons (Fsp3) is 0.533. The van der Waals surface area contributed by atoms with Gasteiger partial charge in [0.2, 0.25) is 0 Å². The van der Waals surface area contributed by atoms with Gasteiger partial charge in [0.25, 0.3) is 0 Å². The van der Waals surface area contributed by atoms with Crippen LogP contribution < -0.4 is 0 Å². The second kappa shape index (κ2) is 5.72. The molecule has 2 aromatic rings. The van der Waals surface area contributed by atoms with Gasteiger partial charge >= 0.3 is 0 Å². The minimum atomic E-state index is 0.319. The third kappa shape index (κ3) is 2.96. The number of fused-ring (bicyclic) bond motifs is 1. The third-order valence-electron chi connectivity index (χ3n) is 3.93. The molecule has 3 rings (SSSR count). The van der Waals surface area contributed by atoms with Gasteiger partial charge in [0, 0.05) is 19.0 Å². The highest BCUT2D eigenvalue weighted by Crippen LogP contribution is 2.26. The van der Waals surface area contributed by atoms with Crippen molar-refractivity contribution in [1.29, 1.82) is 0 Å². The molecule has 2 heterocycles. The average Bonchev–Trinajstić information content (AvgIpc) is 2.88. The molecule has 0 aromatic carbocycles. The van der Waals surface area contributed by atoms with E-state index in [0.29, 0.717) is 25.2 Å². The molecule has 1 N–H and O–H groups in total. The van der Waals surface area contributed by atoms with Crippen molar-refractivity contribution in [2.45, 2.75) is 38.4 Å². The van der Waals surface area contributed by atoms with Crippen molar-refractivity contribution >= 4 is 5.65 Å². The second-order valence-electron chi connectivity index (χ2n) is 5.33. The van der Waals surface area contributed by atoms with Crippen molar-refractivity contribution in [3.8, 4) is 0 Å². The summed E-state index contributed by atoms with van der Waals surface area (Å²) in [5.74, 6) is 0.482. The molecule has 0 atom stereocenters. The lowest BCUT2D eigenvalue weighted by atomic mass is 9.88. The molecule has 0 saturated heterocycles. The van der Waals surface area contributed by atoms with E-state index >= 15 is 0 Å². The second-order valence-corrected chi connectivity index (χ2v) is 5.33. The van der Waals surface area contributed by atoms with Gasteiger partial charge in [0.1, 0.15) is 5.65 Å². The highest BCUT2D eigenvalue weighted by atomic mass is 16.5. The van der Waals surface area contributed by atoms with E-state index in [0.717, 1.165) is 37.0 Å². The minimum absolute atomic E-state index is 0.319. The lowest BCUT2D eigenvalue weighted by Gasteiger charge is -2.27. The molecule has 0 spiro atoms. The van der Waals surface area contributed by atoms with Gasteiger partial charge in [-0.05, 0) is 43.7 Å². The van der Waals surface area contributed by atoms with Gasteiger partial charge in [-0.15, -0.1) is 0 Å². The molecule has 1 fully saturated rings. The summed E-state index contributed by atoms with van der Waals surface area (Å²) in [5.41, 5.74) is 1.94. The van der Waals surface area contributed by atoms with Crippen LogP contribution in [-0.2, 0) is 11.3 Å². The van der Waals surface area contributed by atoms with Crippen LogP contribution in [0.5, 0.6) is 0 Å². The third-order valence-corrected chi connectivity index (χ3v) is 3.93. The summed E-state index contributed by atoms with van der Waals surface area (Å²) in [5, 5.41) is 9.11. The van der Waals surface area contributed by atoms with Crippen molar-refractivity contribution in [3.05, 3.63) is 36.3 Å². The highest BCUT2D eigenvalue weighted by Gasteiger charge is 2.21. The number of rotatable bonds is 4. The Morgan fingerprint density at radius 1 is 1.26 bits per heavy atom. The van der Waals surface area contributed by atoms with Gasteiger partial charge in [-0.2, -0.15) is 0 Å². The van der Waals surface area contributed by atoms with Crippen LogP contribution in [0.1, 0.15) is 31.4 Å². The summed E-state index contributed by atoms with van der Waals surface area (Å²) in [6, 6.07) is 5.98. The molecule has 0 amide bonds. The van der Waals surface area contributed by atoms with E-state index in [1.54, 1.807) is 0 Å². The van der Waals surface area contributed by atoms with E-state index < -0.39 is 0 Å². The van der Waals surface area contributed by atoms with E-state index in [4.69, 9.17) is 9.84 Å². The van der Waals surface area contributed by atoms with Crippen LogP contribution in [0.4, 0.5) is 0 Å². The first kappa shape index (κ1) is 12.6. The molecular formula is C15H20N2O2. The number of ether oxygens (including phenoxy) is 1. The summed E-state index contributed by atoms with van der Waals surface area (Å²) < 4.78 is 7.95. The molecule has 102 valence electrons. The maximum Gasteiger partial charge on any atom is 0.137 e. The molecule has 1 aliphatic carbocycles. The zero-order chi connectivity index (χ0) is 13.1. The Bertz CT molecular complexity index is 497. The largest absolute Gasteiger partial charge is 0.396 e. The molecule has 1 aliphatic rings. The molecule has 4 nitrogen and oxygen atoms in total. The number of pyridine rings is 1. The van der Waals surface area contributed by atoms with Crippen molar-refractivity contribution in [2.24, 2.45) is 5.92 Å². The number of hydrogen-bond donors (Lipinski definition) is 1. The van der Waals surface area contributed by atoms with Crippen molar-refractivity contribution in [1.82, 2.24) is 9.38 Å². The van der Waals surface area contributed by atoms with Crippen molar-refractivity contribution in [3.63, 3.8) is 0 Å². The van der Waals surface area contributed by atoms with E-state index in [1.165, 1.54) is 0 Å². The maximum atomic E-state index is 9.11. The summed E-state index contributed by atoms with van der Waals surface area (Å²) >= 11 is 0. The van der Waals surface area contributed by atoms with Crippen LogP contribution in [0, 0.1) is 5.92 Å². The van der Waals surface area contributed by atoms with Crippen LogP contribution in [0.25, 0.3) is 5.65 Å². The fourth-order valence-electron chi connectivity index (χ4n) is 2.74. The fourth-order valence-corrected chi connectivity index (χ4v) is 2.74. The summed E-state index contributed by atoms with van der Waals surface area (Å²) in [6.07, 6.45) is 8.61. The lowest BCUT2D eigenvalue weighted by Crippen LogP contribution is -2.23. The van der Waals surface area contributed by atoms with Gasteiger partial charge in [0.05, 0.1) is 18.4 Å². The molecule has 4 heteroatoms. The first-order chi connectivity index (χ1) is 9.35. The average molecular weight is 260 g/mol. The Kier molecular flexibility index (Phi) is 3.80. The van der Waals surface area contributed by atoms with Crippen LogP contribution in [0.3, 0.4) is 0 Å². The van der Waals surface area contributed by atoms with E-state index in [1.807, 2.05) is 35.0 Å². The SMILES string of the molecule is OCC1CCC(OCc2cn3ccccc3n2)CC1. The molecule has 2 aromatic heterocycles. The van der Waals surface area contributed by atoms with Gasteiger partial charge in [-0.3, -0.25) is 0 Å². The minimum Gasteiger partial charge on any atom is -0.396 e. The summed E-state index contributed by atoms with van der Waals surface area (Å²) in [4.78, 5) is 4.53. The quantitative estimate of drug-likeness (QED) is 0.918. The van der Waals surface area contributed by atoms with Crippen molar-refractivity contribution < 1.29 is 9.84 Å². The number of aliphatic hydroxyl groups excluding tert-OH is 1. The van der Waals surface area contributed by atoms with Crippen molar-refractivity contribution in [2.75, 3.05) is 6.61 Å². The first-order valence-electron chi connectivity index (χ1n) is 7.00. The zero-order valence-electron chi connectivity index (χ0n) is 11.0. The predicted octanol–water partition coefficient (Wildman–Crippen LogP) is 2.40. The summed E-state index contributed by atoms with van der Waals surface area (Å²) in [7, 11) is 0. The van der Waals surface area contributed by atoms with Gasteiger partial charge in [-0.25, -0.2) is 4.98 Å². The number of imidazole rings is 1. The Hall–Kier alpha value is -1.39. The molecule has 0 unspecified atom stereocenters. The van der Waals surface area contributed by atoms with Crippen LogP contribution >= 0.6 is 0 Å². The molecule has 0 aliphatic heterocycles. The Balaban J connectivity index is 1.55. The van der Waals surface area contributed by atoms with E-state index in [-0.39, 0.29) is 0 Å². The number of nitrogens with zero attached hydrogens (tertiary/aromatic N) is 2.